The van der Waals surface area contributed by atoms with E-state index in [4.69, 9.17) is 14.2 Å². The number of likely N-dealkylation sites (tertiary alicyclic amines) is 1. The Bertz CT molecular complexity index is 1290. The number of nitrogens with zero attached hydrogens (tertiary/aromatic N) is 1. The van der Waals surface area contributed by atoms with Crippen molar-refractivity contribution in [2.45, 2.75) is 32.5 Å². The summed E-state index contributed by atoms with van der Waals surface area (Å²) in [6.45, 7) is 3.93. The summed E-state index contributed by atoms with van der Waals surface area (Å²) in [5, 5.41) is 13.7. The number of Topliss-reactive ketones (excluding diaryl/α,β-unsaturated/α-hetero) is 1. The molecule has 8 heteroatoms. The Morgan fingerprint density at radius 2 is 1.75 bits per heavy atom. The van der Waals surface area contributed by atoms with E-state index in [0.717, 1.165) is 5.56 Å². The zero-order valence-corrected chi connectivity index (χ0v) is 20.6. The van der Waals surface area contributed by atoms with Crippen LogP contribution in [0.25, 0.3) is 5.76 Å². The summed E-state index contributed by atoms with van der Waals surface area (Å²) in [4.78, 5) is 31.0. The number of aromatic nitrogens is 1. The SMILES string of the molecule is COc1ccc(OC)c(C2/C(=C(\[O-])c3ccc(OC(C)C)cc3)C(=O)C(=O)N2Cc2ccc[nH+]c2)c1. The highest BCUT2D eigenvalue weighted by molar-refractivity contribution is 6.46. The van der Waals surface area contributed by atoms with Crippen LogP contribution < -0.4 is 24.3 Å². The lowest BCUT2D eigenvalue weighted by molar-refractivity contribution is -0.378. The van der Waals surface area contributed by atoms with E-state index < -0.39 is 23.5 Å². The zero-order valence-electron chi connectivity index (χ0n) is 20.6. The summed E-state index contributed by atoms with van der Waals surface area (Å²) in [5.41, 5.74) is 1.40. The first-order chi connectivity index (χ1) is 17.3. The summed E-state index contributed by atoms with van der Waals surface area (Å²) in [6.07, 6.45) is 3.46. The number of hydrogen-bond acceptors (Lipinski definition) is 6. The lowest BCUT2D eigenvalue weighted by Gasteiger charge is -2.28. The Hall–Kier alpha value is -4.33. The third kappa shape index (κ3) is 4.88. The standard InChI is InChI=1S/C28H28N2O6/c1-17(2)36-20-9-7-19(8-10-20)26(31)24-25(22-14-21(34-3)11-12-23(22)35-4)30(28(33)27(24)32)16-18-6-5-13-29-15-18/h5-15,17,25,31H,16H2,1-4H3/b26-24+. The van der Waals surface area contributed by atoms with Gasteiger partial charge in [0.15, 0.2) is 12.4 Å². The van der Waals surface area contributed by atoms with Crippen LogP contribution in [0.1, 0.15) is 36.6 Å². The number of nitrogens with one attached hydrogen (secondary N) is 1. The molecule has 186 valence electrons. The number of rotatable bonds is 8. The molecule has 0 saturated carbocycles. The zero-order chi connectivity index (χ0) is 25.8. The molecule has 1 amide bonds. The van der Waals surface area contributed by atoms with E-state index >= 15 is 0 Å². The van der Waals surface area contributed by atoms with Gasteiger partial charge in [-0.3, -0.25) is 9.59 Å². The molecule has 1 aliphatic heterocycles. The number of carbonyl (C=O) groups excluding carboxylic acids is 2. The molecule has 2 aromatic carbocycles. The number of aromatic amines is 1. The van der Waals surface area contributed by atoms with Gasteiger partial charge in [0.25, 0.3) is 5.91 Å². The second-order valence-electron chi connectivity index (χ2n) is 8.62. The summed E-state index contributed by atoms with van der Waals surface area (Å²) < 4.78 is 16.6. The quantitative estimate of drug-likeness (QED) is 0.275. The minimum atomic E-state index is -0.964. The second-order valence-corrected chi connectivity index (χ2v) is 8.62. The lowest BCUT2D eigenvalue weighted by Crippen LogP contribution is -2.30. The maximum atomic E-state index is 13.7. The number of ketones is 1. The molecule has 1 N–H and O–H groups in total. The summed E-state index contributed by atoms with van der Waals surface area (Å²) in [7, 11) is 3.01. The van der Waals surface area contributed by atoms with Crippen LogP contribution in [-0.4, -0.2) is 36.9 Å². The van der Waals surface area contributed by atoms with Gasteiger partial charge >= 0.3 is 0 Å². The Kier molecular flexibility index (Phi) is 7.24. The second kappa shape index (κ2) is 10.5. The van der Waals surface area contributed by atoms with Crippen molar-refractivity contribution in [3.63, 3.8) is 0 Å². The van der Waals surface area contributed by atoms with E-state index in [1.165, 1.54) is 19.1 Å². The minimum Gasteiger partial charge on any atom is -0.872 e. The normalized spacial score (nSPS) is 16.9. The topological polar surface area (TPSA) is 102 Å². The van der Waals surface area contributed by atoms with Gasteiger partial charge in [0.2, 0.25) is 5.78 Å². The molecule has 1 aromatic heterocycles. The van der Waals surface area contributed by atoms with Crippen LogP contribution in [0.15, 0.2) is 72.6 Å². The largest absolute Gasteiger partial charge is 0.872 e. The summed E-state index contributed by atoms with van der Waals surface area (Å²) in [6, 6.07) is 14.3. The van der Waals surface area contributed by atoms with Crippen LogP contribution in [0, 0.1) is 0 Å². The van der Waals surface area contributed by atoms with Crippen molar-refractivity contribution in [1.29, 1.82) is 0 Å². The molecule has 1 fully saturated rings. The van der Waals surface area contributed by atoms with Gasteiger partial charge < -0.3 is 24.2 Å². The first-order valence-corrected chi connectivity index (χ1v) is 11.5. The van der Waals surface area contributed by atoms with Gasteiger partial charge in [0, 0.05) is 22.8 Å². The fourth-order valence-corrected chi connectivity index (χ4v) is 4.25. The van der Waals surface area contributed by atoms with Crippen LogP contribution in [0.3, 0.4) is 0 Å². The molecular formula is C28H28N2O6. The Morgan fingerprint density at radius 3 is 2.36 bits per heavy atom. The van der Waals surface area contributed by atoms with Crippen LogP contribution in [0.5, 0.6) is 17.2 Å². The van der Waals surface area contributed by atoms with Gasteiger partial charge in [0.05, 0.1) is 32.9 Å². The molecule has 1 atom stereocenters. The number of methoxy groups -OCH3 is 2. The Labute approximate surface area is 209 Å². The van der Waals surface area contributed by atoms with Gasteiger partial charge in [-0.05, 0) is 55.8 Å². The van der Waals surface area contributed by atoms with Crippen molar-refractivity contribution < 1.29 is 33.9 Å². The van der Waals surface area contributed by atoms with Gasteiger partial charge in [-0.2, -0.15) is 0 Å². The van der Waals surface area contributed by atoms with E-state index in [0.29, 0.717) is 22.8 Å². The number of amides is 1. The fourth-order valence-electron chi connectivity index (χ4n) is 4.25. The summed E-state index contributed by atoms with van der Waals surface area (Å²) in [5.74, 6) is -0.574. The Balaban J connectivity index is 1.87. The molecule has 3 aromatic rings. The molecule has 1 saturated heterocycles. The average molecular weight is 489 g/mol. The van der Waals surface area contributed by atoms with Crippen LogP contribution in [0.2, 0.25) is 0 Å². The third-order valence-corrected chi connectivity index (χ3v) is 5.87. The molecule has 2 heterocycles. The number of carbonyl (C=O) groups is 2. The number of H-pyrrole nitrogens is 1. The highest BCUT2D eigenvalue weighted by Gasteiger charge is 2.45. The molecule has 0 aliphatic carbocycles. The number of ether oxygens (including phenoxy) is 3. The predicted octanol–water partition coefficient (Wildman–Crippen LogP) is 2.73. The van der Waals surface area contributed by atoms with E-state index in [2.05, 4.69) is 4.98 Å². The first-order valence-electron chi connectivity index (χ1n) is 11.5. The monoisotopic (exact) mass is 488 g/mol. The fraction of sp³-hybridized carbons (Fsp3) is 0.250. The molecule has 8 nitrogen and oxygen atoms in total. The molecule has 36 heavy (non-hydrogen) atoms. The van der Waals surface area contributed by atoms with Crippen molar-refractivity contribution in [3.05, 3.63) is 89.3 Å². The van der Waals surface area contributed by atoms with E-state index in [1.807, 2.05) is 19.9 Å². The maximum Gasteiger partial charge on any atom is 0.295 e. The molecule has 1 aliphatic rings. The van der Waals surface area contributed by atoms with E-state index in [1.54, 1.807) is 60.9 Å². The van der Waals surface area contributed by atoms with Crippen molar-refractivity contribution in [1.82, 2.24) is 4.90 Å². The number of pyridine rings is 1. The van der Waals surface area contributed by atoms with Crippen molar-refractivity contribution in [3.8, 4) is 17.2 Å². The molecule has 1 unspecified atom stereocenters. The highest BCUT2D eigenvalue weighted by Crippen LogP contribution is 2.44. The maximum absolute atomic E-state index is 13.7. The average Bonchev–Trinajstić information content (AvgIpc) is 3.13. The van der Waals surface area contributed by atoms with E-state index in [-0.39, 0.29) is 23.8 Å². The van der Waals surface area contributed by atoms with Gasteiger partial charge in [-0.1, -0.05) is 17.9 Å². The van der Waals surface area contributed by atoms with Gasteiger partial charge in [-0.15, -0.1) is 0 Å². The van der Waals surface area contributed by atoms with Crippen LogP contribution in [-0.2, 0) is 16.1 Å². The van der Waals surface area contributed by atoms with Crippen LogP contribution >= 0.6 is 0 Å². The van der Waals surface area contributed by atoms with Crippen LogP contribution in [0.4, 0.5) is 0 Å². The molecule has 0 spiro atoms. The smallest absolute Gasteiger partial charge is 0.295 e. The first kappa shape index (κ1) is 24.8. The summed E-state index contributed by atoms with van der Waals surface area (Å²) >= 11 is 0. The number of benzene rings is 2. The van der Waals surface area contributed by atoms with E-state index in [9.17, 15) is 14.7 Å². The third-order valence-electron chi connectivity index (χ3n) is 5.87. The minimum absolute atomic E-state index is 0.0244. The van der Waals surface area contributed by atoms with Gasteiger partial charge in [-0.25, -0.2) is 4.98 Å². The van der Waals surface area contributed by atoms with Crippen molar-refractivity contribution >= 4 is 17.4 Å². The van der Waals surface area contributed by atoms with Crippen molar-refractivity contribution in [2.75, 3.05) is 14.2 Å². The molecule has 4 rings (SSSR count). The highest BCUT2D eigenvalue weighted by atomic mass is 16.5. The lowest BCUT2D eigenvalue weighted by atomic mass is 9.94. The molecule has 0 radical (unpaired) electrons. The predicted molar refractivity (Wildman–Crippen MR) is 130 cm³/mol. The molecular weight excluding hydrogens is 460 g/mol. The van der Waals surface area contributed by atoms with Crippen molar-refractivity contribution in [2.24, 2.45) is 0 Å². The number of hydrogen-bond donors (Lipinski definition) is 0. The van der Waals surface area contributed by atoms with Gasteiger partial charge in [0.1, 0.15) is 17.2 Å². The molecule has 0 bridgehead atoms. The Morgan fingerprint density at radius 1 is 1.03 bits per heavy atom.